The molecule has 1 aliphatic heterocycles. The molecule has 0 N–H and O–H groups in total. The van der Waals surface area contributed by atoms with Crippen molar-refractivity contribution in [2.45, 2.75) is 31.8 Å². The van der Waals surface area contributed by atoms with Crippen LogP contribution in [-0.2, 0) is 4.79 Å². The van der Waals surface area contributed by atoms with E-state index in [1.165, 1.54) is 0 Å². The van der Waals surface area contributed by atoms with Crippen molar-refractivity contribution in [3.05, 3.63) is 58.7 Å². The van der Waals surface area contributed by atoms with Crippen LogP contribution in [0.1, 0.15) is 31.2 Å². The maximum absolute atomic E-state index is 12.9. The highest BCUT2D eigenvalue weighted by molar-refractivity contribution is 9.10. The number of ether oxygens (including phenoxy) is 1. The smallest absolute Gasteiger partial charge is 0.230 e. The first-order valence-electron chi connectivity index (χ1n) is 8.30. The molecule has 2 aromatic rings. The molecule has 3 rings (SSSR count). The summed E-state index contributed by atoms with van der Waals surface area (Å²) in [6, 6.07) is 13.8. The van der Waals surface area contributed by atoms with E-state index in [0.29, 0.717) is 12.4 Å². The fourth-order valence-corrected chi connectivity index (χ4v) is 3.45. The summed E-state index contributed by atoms with van der Waals surface area (Å²) in [6.07, 6.45) is 3.34. The van der Waals surface area contributed by atoms with E-state index in [0.717, 1.165) is 29.4 Å². The molecule has 1 aromatic carbocycles. The largest absolute Gasteiger partial charge is 0.472 e. The summed E-state index contributed by atoms with van der Waals surface area (Å²) in [5.74, 6) is 0.702. The lowest BCUT2D eigenvalue weighted by atomic mass is 9.95. The topological polar surface area (TPSA) is 42.4 Å². The number of likely N-dealkylation sites (tertiary alicyclic amines) is 1. The van der Waals surface area contributed by atoms with Crippen molar-refractivity contribution in [1.29, 1.82) is 0 Å². The lowest BCUT2D eigenvalue weighted by Gasteiger charge is -2.23. The Balaban J connectivity index is 1.64. The fourth-order valence-electron chi connectivity index (χ4n) is 3.10. The highest BCUT2D eigenvalue weighted by atomic mass is 79.9. The number of rotatable bonds is 5. The molecule has 1 aromatic heterocycles. The van der Waals surface area contributed by atoms with Crippen molar-refractivity contribution in [2.75, 3.05) is 13.1 Å². The fraction of sp³-hybridized carbons (Fsp3) is 0.368. The summed E-state index contributed by atoms with van der Waals surface area (Å²) < 4.78 is 6.79. The zero-order valence-corrected chi connectivity index (χ0v) is 15.3. The molecule has 4 nitrogen and oxygen atoms in total. The Hall–Kier alpha value is -1.88. The van der Waals surface area contributed by atoms with Crippen molar-refractivity contribution in [3.63, 3.8) is 0 Å². The SMILES string of the molecule is CCC(C(=O)N1CCC(Oc2ncccc2Br)C1)c1ccccc1. The number of benzene rings is 1. The Labute approximate surface area is 151 Å². The van der Waals surface area contributed by atoms with Gasteiger partial charge in [-0.1, -0.05) is 37.3 Å². The third-order valence-corrected chi connectivity index (χ3v) is 4.97. The molecule has 0 saturated carbocycles. The maximum Gasteiger partial charge on any atom is 0.230 e. The molecule has 0 bridgehead atoms. The third kappa shape index (κ3) is 3.78. The van der Waals surface area contributed by atoms with Gasteiger partial charge in [-0.2, -0.15) is 0 Å². The van der Waals surface area contributed by atoms with Crippen LogP contribution in [0.15, 0.2) is 53.1 Å². The average molecular weight is 389 g/mol. The molecule has 0 spiro atoms. The molecule has 1 fully saturated rings. The van der Waals surface area contributed by atoms with Crippen molar-refractivity contribution >= 4 is 21.8 Å². The summed E-state index contributed by atoms with van der Waals surface area (Å²) in [7, 11) is 0. The normalized spacial score (nSPS) is 18.4. The van der Waals surface area contributed by atoms with E-state index in [2.05, 4.69) is 27.8 Å². The van der Waals surface area contributed by atoms with Gasteiger partial charge in [0.15, 0.2) is 0 Å². The highest BCUT2D eigenvalue weighted by Gasteiger charge is 2.32. The van der Waals surface area contributed by atoms with Gasteiger partial charge in [0.1, 0.15) is 6.10 Å². The predicted octanol–water partition coefficient (Wildman–Crippen LogP) is 4.02. The summed E-state index contributed by atoms with van der Waals surface area (Å²) in [4.78, 5) is 19.0. The number of carbonyl (C=O) groups excluding carboxylic acids is 1. The third-order valence-electron chi connectivity index (χ3n) is 4.37. The molecule has 0 aliphatic carbocycles. The average Bonchev–Trinajstić information content (AvgIpc) is 3.07. The van der Waals surface area contributed by atoms with Crippen molar-refractivity contribution in [3.8, 4) is 5.88 Å². The molecule has 1 aliphatic rings. The minimum absolute atomic E-state index is 0.00608. The first kappa shape index (κ1) is 17.0. The molecule has 24 heavy (non-hydrogen) atoms. The molecule has 2 unspecified atom stereocenters. The second kappa shape index (κ2) is 7.79. The van der Waals surface area contributed by atoms with Gasteiger partial charge in [0.25, 0.3) is 0 Å². The minimum Gasteiger partial charge on any atom is -0.472 e. The molecular weight excluding hydrogens is 368 g/mol. The van der Waals surface area contributed by atoms with Crippen molar-refractivity contribution < 1.29 is 9.53 Å². The van der Waals surface area contributed by atoms with E-state index < -0.39 is 0 Å². The molecular formula is C19H21BrN2O2. The van der Waals surface area contributed by atoms with Crippen LogP contribution in [0.5, 0.6) is 5.88 Å². The number of hydrogen-bond acceptors (Lipinski definition) is 3. The number of carbonyl (C=O) groups is 1. The Kier molecular flexibility index (Phi) is 5.51. The van der Waals surface area contributed by atoms with E-state index in [1.54, 1.807) is 6.20 Å². The Bertz CT molecular complexity index is 693. The van der Waals surface area contributed by atoms with Gasteiger partial charge >= 0.3 is 0 Å². The van der Waals surface area contributed by atoms with Crippen LogP contribution in [0.25, 0.3) is 0 Å². The lowest BCUT2D eigenvalue weighted by molar-refractivity contribution is -0.132. The van der Waals surface area contributed by atoms with Gasteiger partial charge in [-0.15, -0.1) is 0 Å². The number of pyridine rings is 1. The van der Waals surface area contributed by atoms with E-state index in [-0.39, 0.29) is 17.9 Å². The molecule has 5 heteroatoms. The van der Waals surface area contributed by atoms with Gasteiger partial charge in [-0.3, -0.25) is 4.79 Å². The molecule has 2 atom stereocenters. The Morgan fingerprint density at radius 3 is 2.83 bits per heavy atom. The highest BCUT2D eigenvalue weighted by Crippen LogP contribution is 2.27. The van der Waals surface area contributed by atoms with Crippen LogP contribution in [0, 0.1) is 0 Å². The molecule has 1 amide bonds. The molecule has 1 saturated heterocycles. The summed E-state index contributed by atoms with van der Waals surface area (Å²) in [5, 5.41) is 0. The van der Waals surface area contributed by atoms with Crippen molar-refractivity contribution in [1.82, 2.24) is 9.88 Å². The zero-order chi connectivity index (χ0) is 16.9. The van der Waals surface area contributed by atoms with Crippen LogP contribution in [0.3, 0.4) is 0 Å². The zero-order valence-electron chi connectivity index (χ0n) is 13.7. The summed E-state index contributed by atoms with van der Waals surface area (Å²) in [6.45, 7) is 3.41. The predicted molar refractivity (Wildman–Crippen MR) is 97.0 cm³/mol. The van der Waals surface area contributed by atoms with E-state index in [4.69, 9.17) is 4.74 Å². The van der Waals surface area contributed by atoms with E-state index in [1.807, 2.05) is 47.4 Å². The standard InChI is InChI=1S/C19H21BrN2O2/c1-2-16(14-7-4-3-5-8-14)19(23)22-12-10-15(13-22)24-18-17(20)9-6-11-21-18/h3-9,11,15-16H,2,10,12-13H2,1H3. The Morgan fingerprint density at radius 1 is 1.33 bits per heavy atom. The van der Waals surface area contributed by atoms with E-state index in [9.17, 15) is 4.79 Å². The van der Waals surface area contributed by atoms with Gasteiger partial charge in [-0.25, -0.2) is 4.98 Å². The quantitative estimate of drug-likeness (QED) is 0.776. The van der Waals surface area contributed by atoms with Gasteiger partial charge < -0.3 is 9.64 Å². The van der Waals surface area contributed by atoms with Crippen LogP contribution in [0.4, 0.5) is 0 Å². The number of halogens is 1. The van der Waals surface area contributed by atoms with Gasteiger partial charge in [0.2, 0.25) is 11.8 Å². The summed E-state index contributed by atoms with van der Waals surface area (Å²) in [5.41, 5.74) is 1.09. The van der Waals surface area contributed by atoms with Gasteiger partial charge in [-0.05, 0) is 40.0 Å². The van der Waals surface area contributed by atoms with E-state index >= 15 is 0 Å². The molecule has 2 heterocycles. The number of aromatic nitrogens is 1. The van der Waals surface area contributed by atoms with Gasteiger partial charge in [0, 0.05) is 19.2 Å². The summed E-state index contributed by atoms with van der Waals surface area (Å²) >= 11 is 3.44. The lowest BCUT2D eigenvalue weighted by Crippen LogP contribution is -2.34. The first-order chi connectivity index (χ1) is 11.7. The first-order valence-corrected chi connectivity index (χ1v) is 9.09. The van der Waals surface area contributed by atoms with Crippen LogP contribution in [0.2, 0.25) is 0 Å². The monoisotopic (exact) mass is 388 g/mol. The minimum atomic E-state index is -0.0773. The number of nitrogens with zero attached hydrogens (tertiary/aromatic N) is 2. The number of amides is 1. The molecule has 0 radical (unpaired) electrons. The Morgan fingerprint density at radius 2 is 2.12 bits per heavy atom. The van der Waals surface area contributed by atoms with Gasteiger partial charge in [0.05, 0.1) is 16.9 Å². The van der Waals surface area contributed by atoms with Crippen molar-refractivity contribution in [2.24, 2.45) is 0 Å². The van der Waals surface area contributed by atoms with Crippen LogP contribution < -0.4 is 4.74 Å². The molecule has 126 valence electrons. The second-order valence-electron chi connectivity index (χ2n) is 5.97. The second-order valence-corrected chi connectivity index (χ2v) is 6.83. The van der Waals surface area contributed by atoms with Crippen LogP contribution >= 0.6 is 15.9 Å². The van der Waals surface area contributed by atoms with Crippen LogP contribution in [-0.4, -0.2) is 35.0 Å². The number of hydrogen-bond donors (Lipinski definition) is 0. The maximum atomic E-state index is 12.9.